The van der Waals surface area contributed by atoms with Gasteiger partial charge in [0.1, 0.15) is 11.9 Å². The highest BCUT2D eigenvalue weighted by Gasteiger charge is 2.24. The number of aromatic nitrogens is 1. The zero-order valence-electron chi connectivity index (χ0n) is 35.8. The van der Waals surface area contributed by atoms with E-state index in [0.717, 1.165) is 22.3 Å². The number of fused-ring (bicyclic) bond motifs is 1. The number of aliphatic hydroxyl groups excluding tert-OH is 1. The van der Waals surface area contributed by atoms with E-state index in [1.807, 2.05) is 91.9 Å². The maximum absolute atomic E-state index is 13.4. The number of Topliss-reactive ketones (excluding diaryl/α,β-unsaturated/α-hetero) is 1. The van der Waals surface area contributed by atoms with Crippen molar-refractivity contribution < 1.29 is 29.3 Å². The van der Waals surface area contributed by atoms with Gasteiger partial charge in [0.05, 0.1) is 17.3 Å². The molecule has 1 saturated heterocycles. The monoisotopic (exact) mass is 849 g/mol. The Morgan fingerprint density at radius 2 is 1.60 bits per heavy atom. The number of likely N-dealkylation sites (tertiary alicyclic amines) is 1. The maximum Gasteiger partial charge on any atom is 0.411 e. The third-order valence-electron chi connectivity index (χ3n) is 11.7. The number of aromatic amines is 1. The lowest BCUT2D eigenvalue weighted by Gasteiger charge is -2.31. The smallest absolute Gasteiger partial charge is 0.411 e. The molecule has 0 bridgehead atoms. The number of amides is 2. The first-order valence-corrected chi connectivity index (χ1v) is 21.6. The molecule has 5 aromatic carbocycles. The molecule has 5 N–H and O–H groups in total. The van der Waals surface area contributed by atoms with E-state index in [9.17, 15) is 29.4 Å². The Kier molecular flexibility index (Phi) is 14.8. The number of aryl methyl sites for hydroxylation is 1. The molecule has 2 heterocycles. The molecule has 1 aliphatic heterocycles. The van der Waals surface area contributed by atoms with Crippen LogP contribution in [0.4, 0.5) is 16.2 Å². The van der Waals surface area contributed by atoms with Crippen LogP contribution in [0.1, 0.15) is 65.8 Å². The summed E-state index contributed by atoms with van der Waals surface area (Å²) in [6.07, 6.45) is 1.74. The lowest BCUT2D eigenvalue weighted by atomic mass is 9.98. The fourth-order valence-electron chi connectivity index (χ4n) is 8.17. The average Bonchev–Trinajstić information content (AvgIpc) is 3.30. The highest BCUT2D eigenvalue weighted by molar-refractivity contribution is 5.99. The Bertz CT molecular complexity index is 2590. The highest BCUT2D eigenvalue weighted by atomic mass is 16.6. The van der Waals surface area contributed by atoms with Crippen molar-refractivity contribution in [3.8, 4) is 16.9 Å². The van der Waals surface area contributed by atoms with E-state index in [1.165, 1.54) is 12.1 Å². The van der Waals surface area contributed by atoms with Crippen molar-refractivity contribution in [3.05, 3.63) is 160 Å². The number of aliphatic hydroxyl groups is 1. The number of pyridine rings is 1. The Morgan fingerprint density at radius 3 is 2.41 bits per heavy atom. The van der Waals surface area contributed by atoms with Crippen molar-refractivity contribution in [3.63, 3.8) is 0 Å². The Hall–Kier alpha value is -6.60. The number of anilines is 2. The second kappa shape index (κ2) is 21.0. The molecule has 7 rings (SSSR count). The summed E-state index contributed by atoms with van der Waals surface area (Å²) in [5, 5.41) is 28.1. The number of H-pyrrole nitrogens is 1. The molecule has 63 heavy (non-hydrogen) atoms. The normalized spacial score (nSPS) is 14.2. The molecule has 1 aromatic heterocycles. The van der Waals surface area contributed by atoms with Crippen molar-refractivity contribution in [1.82, 2.24) is 15.2 Å². The van der Waals surface area contributed by atoms with Crippen molar-refractivity contribution in [2.75, 3.05) is 43.4 Å². The number of nitrogens with zero attached hydrogens (tertiary/aromatic N) is 2. The van der Waals surface area contributed by atoms with Crippen LogP contribution >= 0.6 is 0 Å². The number of phenolic OH excluding ortho intramolecular Hbond substituents is 1. The van der Waals surface area contributed by atoms with Crippen LogP contribution < -0.4 is 21.1 Å². The fraction of sp³-hybridized carbons (Fsp3) is 0.294. The third-order valence-corrected chi connectivity index (χ3v) is 11.7. The van der Waals surface area contributed by atoms with Crippen LogP contribution in [-0.2, 0) is 22.4 Å². The molecule has 1 fully saturated rings. The zero-order chi connectivity index (χ0) is 44.3. The molecule has 0 radical (unpaired) electrons. The van der Waals surface area contributed by atoms with Crippen molar-refractivity contribution in [1.29, 1.82) is 0 Å². The quantitative estimate of drug-likeness (QED) is 0.0572. The second-order valence-corrected chi connectivity index (χ2v) is 16.3. The van der Waals surface area contributed by atoms with Gasteiger partial charge in [0.2, 0.25) is 11.5 Å². The van der Waals surface area contributed by atoms with Gasteiger partial charge in [-0.05, 0) is 85.2 Å². The summed E-state index contributed by atoms with van der Waals surface area (Å²) in [5.41, 5.74) is 6.58. The summed E-state index contributed by atoms with van der Waals surface area (Å²) in [5.74, 6) is -0.0993. The average molecular weight is 850 g/mol. The maximum atomic E-state index is 13.4. The predicted molar refractivity (Wildman–Crippen MR) is 247 cm³/mol. The van der Waals surface area contributed by atoms with E-state index < -0.39 is 12.2 Å². The first-order chi connectivity index (χ1) is 30.5. The number of para-hydroxylation sites is 1. The van der Waals surface area contributed by atoms with Gasteiger partial charge >= 0.3 is 6.09 Å². The topological polar surface area (TPSA) is 164 Å². The minimum absolute atomic E-state index is 0.00266. The van der Waals surface area contributed by atoms with E-state index in [1.54, 1.807) is 36.2 Å². The van der Waals surface area contributed by atoms with Crippen molar-refractivity contribution in [2.45, 2.75) is 63.7 Å². The van der Waals surface area contributed by atoms with E-state index >= 15 is 0 Å². The van der Waals surface area contributed by atoms with Crippen LogP contribution in [0.5, 0.6) is 5.75 Å². The standard InChI is InChI=1S/C51H55N5O7/c1-34(52-33-47(59)42-19-22-46(58)50-43(42)20-23-48(60)54-50)30-36-11-8-10-35(31-36)18-21-45(57)38-14-9-15-39(32-38)55(2)49(61)26-29-56-27-24-40(25-28-56)63-51(62)53-44-17-7-6-16-41(44)37-12-4-3-5-13-37/h3-17,19-20,22-23,31-32,34,40,47,52,58-59H,18,21,24-30,33H2,1-2H3,(H,53,62)(H,54,60). The number of hydrogen-bond acceptors (Lipinski definition) is 9. The molecule has 12 nitrogen and oxygen atoms in total. The van der Waals surface area contributed by atoms with Gasteiger partial charge in [-0.2, -0.15) is 0 Å². The van der Waals surface area contributed by atoms with E-state index in [2.05, 4.69) is 26.6 Å². The summed E-state index contributed by atoms with van der Waals surface area (Å²) < 4.78 is 5.79. The van der Waals surface area contributed by atoms with Crippen LogP contribution in [0.3, 0.4) is 0 Å². The number of piperidine rings is 1. The van der Waals surface area contributed by atoms with E-state index in [-0.39, 0.29) is 41.7 Å². The third kappa shape index (κ3) is 11.9. The van der Waals surface area contributed by atoms with Gasteiger partial charge in [0.15, 0.2) is 5.78 Å². The molecule has 326 valence electrons. The van der Waals surface area contributed by atoms with Crippen molar-refractivity contribution >= 4 is 40.1 Å². The molecule has 2 unspecified atom stereocenters. The minimum atomic E-state index is -0.857. The minimum Gasteiger partial charge on any atom is -0.506 e. The molecule has 0 aliphatic carbocycles. The van der Waals surface area contributed by atoms with Crippen LogP contribution in [0.15, 0.2) is 132 Å². The first-order valence-electron chi connectivity index (χ1n) is 21.6. The molecule has 0 spiro atoms. The number of ether oxygens (including phenoxy) is 1. The van der Waals surface area contributed by atoms with Crippen molar-refractivity contribution in [2.24, 2.45) is 0 Å². The number of aromatic hydroxyl groups is 1. The van der Waals surface area contributed by atoms with Crippen LogP contribution in [0.25, 0.3) is 22.0 Å². The first kappa shape index (κ1) is 44.5. The molecular formula is C51H55N5O7. The second-order valence-electron chi connectivity index (χ2n) is 16.3. The van der Waals surface area contributed by atoms with Crippen LogP contribution in [0.2, 0.25) is 0 Å². The lowest BCUT2D eigenvalue weighted by molar-refractivity contribution is -0.118. The number of phenols is 1. The summed E-state index contributed by atoms with van der Waals surface area (Å²) >= 11 is 0. The van der Waals surface area contributed by atoms with Gasteiger partial charge < -0.3 is 35.1 Å². The number of nitrogens with one attached hydrogen (secondary N) is 3. The number of benzene rings is 5. The Balaban J connectivity index is 0.826. The SMILES string of the molecule is CC(Cc1cccc(CCC(=O)c2cccc(N(C)C(=O)CCN3CCC(OC(=O)Nc4ccccc4-c4ccccc4)CC3)c2)c1)NCC(O)c1ccc(O)c2[nH]c(=O)ccc12. The molecule has 6 aromatic rings. The molecule has 0 saturated carbocycles. The Labute approximate surface area is 367 Å². The predicted octanol–water partition coefficient (Wildman–Crippen LogP) is 8.04. The lowest BCUT2D eigenvalue weighted by Crippen LogP contribution is -2.40. The van der Waals surface area contributed by atoms with E-state index in [0.29, 0.717) is 91.6 Å². The van der Waals surface area contributed by atoms with Gasteiger partial charge in [0.25, 0.3) is 0 Å². The summed E-state index contributed by atoms with van der Waals surface area (Å²) in [7, 11) is 1.74. The molecule has 2 amide bonds. The Morgan fingerprint density at radius 1 is 0.857 bits per heavy atom. The van der Waals surface area contributed by atoms with Crippen LogP contribution in [-0.4, -0.2) is 83.3 Å². The fourth-order valence-corrected chi connectivity index (χ4v) is 8.17. The molecular weight excluding hydrogens is 795 g/mol. The number of carbonyl (C=O) groups is 3. The number of hydrogen-bond donors (Lipinski definition) is 5. The number of rotatable bonds is 17. The number of ketones is 1. The zero-order valence-corrected chi connectivity index (χ0v) is 35.8. The number of carbonyl (C=O) groups excluding carboxylic acids is 3. The largest absolute Gasteiger partial charge is 0.506 e. The van der Waals surface area contributed by atoms with Gasteiger partial charge in [-0.15, -0.1) is 0 Å². The summed E-state index contributed by atoms with van der Waals surface area (Å²) in [4.78, 5) is 57.8. The van der Waals surface area contributed by atoms with Crippen LogP contribution in [0, 0.1) is 0 Å². The molecule has 1 aliphatic rings. The molecule has 2 atom stereocenters. The van der Waals surface area contributed by atoms with Gasteiger partial charge in [-0.3, -0.25) is 19.7 Å². The molecule has 12 heteroatoms. The van der Waals surface area contributed by atoms with Gasteiger partial charge in [0, 0.05) is 80.4 Å². The highest BCUT2D eigenvalue weighted by Crippen LogP contribution is 2.30. The summed E-state index contributed by atoms with van der Waals surface area (Å²) in [6.45, 7) is 4.34. The summed E-state index contributed by atoms with van der Waals surface area (Å²) in [6, 6.07) is 39.1. The van der Waals surface area contributed by atoms with E-state index in [4.69, 9.17) is 4.74 Å². The van der Waals surface area contributed by atoms with Gasteiger partial charge in [-0.1, -0.05) is 91.0 Å². The van der Waals surface area contributed by atoms with Gasteiger partial charge in [-0.25, -0.2) is 4.79 Å².